The van der Waals surface area contributed by atoms with Crippen LogP contribution in [0.25, 0.3) is 0 Å². The molecule has 3 aromatic carbocycles. The van der Waals surface area contributed by atoms with E-state index in [9.17, 15) is 19.2 Å². The van der Waals surface area contributed by atoms with E-state index in [4.69, 9.17) is 14.2 Å². The maximum atomic E-state index is 13.4. The first-order valence-corrected chi connectivity index (χ1v) is 13.7. The fourth-order valence-corrected chi connectivity index (χ4v) is 4.97. The van der Waals surface area contributed by atoms with Crippen molar-refractivity contribution in [2.24, 2.45) is 0 Å². The molecule has 1 saturated heterocycles. The molecular formula is C30H30BrN3O7. The van der Waals surface area contributed by atoms with Crippen molar-refractivity contribution in [1.82, 2.24) is 4.90 Å². The first-order valence-electron chi connectivity index (χ1n) is 12.9. The van der Waals surface area contributed by atoms with Crippen LogP contribution >= 0.6 is 15.9 Å². The van der Waals surface area contributed by atoms with E-state index in [2.05, 4.69) is 26.6 Å². The number of likely N-dealkylation sites (tertiary alicyclic amines) is 1. The lowest BCUT2D eigenvalue weighted by atomic mass is 10.1. The van der Waals surface area contributed by atoms with Crippen LogP contribution in [-0.2, 0) is 25.5 Å². The van der Waals surface area contributed by atoms with E-state index in [0.29, 0.717) is 42.1 Å². The van der Waals surface area contributed by atoms with Crippen LogP contribution in [0.4, 0.5) is 16.2 Å². The number of esters is 2. The SMILES string of the molecule is COC(=O)c1ccc(OC[C@@]2(OC(C)=O)CCCN2C(=O)Cc2ccc(NC(=O)Nc3ccccc3Br)cc2)cc1. The Morgan fingerprint density at radius 1 is 0.951 bits per heavy atom. The fraction of sp³-hybridized carbons (Fsp3) is 0.267. The van der Waals surface area contributed by atoms with E-state index in [-0.39, 0.29) is 18.9 Å². The summed E-state index contributed by atoms with van der Waals surface area (Å²) in [6.45, 7) is 1.64. The lowest BCUT2D eigenvalue weighted by Crippen LogP contribution is -2.54. The largest absolute Gasteiger partial charge is 0.487 e. The molecule has 1 aliphatic rings. The van der Waals surface area contributed by atoms with Crippen LogP contribution in [0.1, 0.15) is 35.7 Å². The Morgan fingerprint density at radius 2 is 1.66 bits per heavy atom. The Morgan fingerprint density at radius 3 is 2.32 bits per heavy atom. The van der Waals surface area contributed by atoms with Crippen molar-refractivity contribution in [1.29, 1.82) is 0 Å². The number of para-hydroxylation sites is 1. The van der Waals surface area contributed by atoms with E-state index in [1.165, 1.54) is 14.0 Å². The Kier molecular flexibility index (Phi) is 9.61. The van der Waals surface area contributed by atoms with E-state index in [0.717, 1.165) is 10.0 Å². The van der Waals surface area contributed by atoms with Gasteiger partial charge in [-0.05, 0) is 76.4 Å². The highest BCUT2D eigenvalue weighted by Gasteiger charge is 2.47. The minimum Gasteiger partial charge on any atom is -0.487 e. The maximum Gasteiger partial charge on any atom is 0.337 e. The molecule has 3 aromatic rings. The molecule has 0 aliphatic carbocycles. The predicted molar refractivity (Wildman–Crippen MR) is 156 cm³/mol. The molecule has 11 heteroatoms. The first kappa shape index (κ1) is 29.6. The van der Waals surface area contributed by atoms with E-state index in [1.54, 1.807) is 59.5 Å². The number of nitrogens with zero attached hydrogens (tertiary/aromatic N) is 1. The number of hydrogen-bond donors (Lipinski definition) is 2. The van der Waals surface area contributed by atoms with Crippen LogP contribution < -0.4 is 15.4 Å². The Bertz CT molecular complexity index is 1410. The standard InChI is InChI=1S/C30H30BrN3O7/c1-20(35)41-30(19-40-24-14-10-22(11-15-24)28(37)39-2)16-5-17-34(30)27(36)18-21-8-12-23(13-9-21)32-29(38)33-26-7-4-3-6-25(26)31/h3-4,6-15H,5,16-19H2,1-2H3,(H2,32,33,38)/t30-/m0/s1. The van der Waals surface area contributed by atoms with E-state index >= 15 is 0 Å². The van der Waals surface area contributed by atoms with Gasteiger partial charge in [0.15, 0.2) is 0 Å². The molecule has 3 amide bonds. The van der Waals surface area contributed by atoms with Gasteiger partial charge in [0.05, 0.1) is 24.8 Å². The fourth-order valence-electron chi connectivity index (χ4n) is 4.58. The van der Waals surface area contributed by atoms with Gasteiger partial charge in [0.1, 0.15) is 12.4 Å². The molecule has 41 heavy (non-hydrogen) atoms. The molecule has 0 saturated carbocycles. The number of nitrogens with one attached hydrogen (secondary N) is 2. The molecule has 0 aromatic heterocycles. The van der Waals surface area contributed by atoms with E-state index < -0.39 is 23.7 Å². The number of carbonyl (C=O) groups is 4. The molecule has 0 spiro atoms. The monoisotopic (exact) mass is 623 g/mol. The second-order valence-corrected chi connectivity index (χ2v) is 10.3. The minimum atomic E-state index is -1.25. The Balaban J connectivity index is 1.39. The molecule has 4 rings (SSSR count). The summed E-state index contributed by atoms with van der Waals surface area (Å²) in [4.78, 5) is 51.1. The third-order valence-electron chi connectivity index (χ3n) is 6.50. The highest BCUT2D eigenvalue weighted by atomic mass is 79.9. The number of ether oxygens (including phenoxy) is 3. The summed E-state index contributed by atoms with van der Waals surface area (Å²) in [6.07, 6.45) is 1.13. The van der Waals surface area contributed by atoms with Crippen molar-refractivity contribution in [3.63, 3.8) is 0 Å². The summed E-state index contributed by atoms with van der Waals surface area (Å²) in [5.74, 6) is -0.755. The predicted octanol–water partition coefficient (Wildman–Crippen LogP) is 5.38. The topological polar surface area (TPSA) is 123 Å². The van der Waals surface area contributed by atoms with Gasteiger partial charge in [0, 0.05) is 30.0 Å². The number of carbonyl (C=O) groups excluding carboxylic acids is 4. The second kappa shape index (κ2) is 13.3. The summed E-state index contributed by atoms with van der Waals surface area (Å²) in [5.41, 5.74) is 1.05. The number of urea groups is 1. The molecule has 10 nitrogen and oxygen atoms in total. The maximum absolute atomic E-state index is 13.4. The second-order valence-electron chi connectivity index (χ2n) is 9.43. The molecule has 0 bridgehead atoms. The van der Waals surface area contributed by atoms with Gasteiger partial charge in [-0.2, -0.15) is 0 Å². The molecule has 1 fully saturated rings. The summed E-state index contributed by atoms with van der Waals surface area (Å²) in [7, 11) is 1.30. The highest BCUT2D eigenvalue weighted by Crippen LogP contribution is 2.33. The lowest BCUT2D eigenvalue weighted by Gasteiger charge is -2.37. The van der Waals surface area contributed by atoms with Crippen molar-refractivity contribution in [3.8, 4) is 5.75 Å². The number of anilines is 2. The molecule has 1 heterocycles. The zero-order valence-corrected chi connectivity index (χ0v) is 24.2. The lowest BCUT2D eigenvalue weighted by molar-refractivity contribution is -0.187. The number of hydrogen-bond acceptors (Lipinski definition) is 7. The zero-order valence-electron chi connectivity index (χ0n) is 22.6. The van der Waals surface area contributed by atoms with Crippen LogP contribution in [0.15, 0.2) is 77.3 Å². The van der Waals surface area contributed by atoms with Gasteiger partial charge in [-0.3, -0.25) is 9.59 Å². The van der Waals surface area contributed by atoms with Crippen molar-refractivity contribution in [2.45, 2.75) is 31.9 Å². The van der Waals surface area contributed by atoms with Gasteiger partial charge < -0.3 is 29.7 Å². The highest BCUT2D eigenvalue weighted by molar-refractivity contribution is 9.10. The van der Waals surface area contributed by atoms with Gasteiger partial charge in [-0.25, -0.2) is 9.59 Å². The minimum absolute atomic E-state index is 0.0641. The third-order valence-corrected chi connectivity index (χ3v) is 7.20. The van der Waals surface area contributed by atoms with Crippen molar-refractivity contribution < 1.29 is 33.4 Å². The number of benzene rings is 3. The molecular weight excluding hydrogens is 594 g/mol. The van der Waals surface area contributed by atoms with Crippen LogP contribution in [0.3, 0.4) is 0 Å². The van der Waals surface area contributed by atoms with Gasteiger partial charge in [-0.15, -0.1) is 0 Å². The third kappa shape index (κ3) is 7.63. The van der Waals surface area contributed by atoms with Crippen LogP contribution in [0, 0.1) is 0 Å². The number of rotatable bonds is 9. The summed E-state index contributed by atoms with van der Waals surface area (Å²) < 4.78 is 17.1. The van der Waals surface area contributed by atoms with Gasteiger partial charge >= 0.3 is 18.0 Å². The average Bonchev–Trinajstić information content (AvgIpc) is 3.37. The van der Waals surface area contributed by atoms with Crippen LogP contribution in [0.2, 0.25) is 0 Å². The smallest absolute Gasteiger partial charge is 0.337 e. The summed E-state index contributed by atoms with van der Waals surface area (Å²) >= 11 is 3.39. The Labute approximate surface area is 246 Å². The average molecular weight is 624 g/mol. The quantitative estimate of drug-likeness (QED) is 0.307. The van der Waals surface area contributed by atoms with Gasteiger partial charge in [0.2, 0.25) is 11.6 Å². The Hall–Kier alpha value is -4.38. The van der Waals surface area contributed by atoms with Crippen molar-refractivity contribution >= 4 is 51.2 Å². The molecule has 1 atom stereocenters. The molecule has 2 N–H and O–H groups in total. The van der Waals surface area contributed by atoms with Gasteiger partial charge in [-0.1, -0.05) is 24.3 Å². The number of amides is 3. The van der Waals surface area contributed by atoms with Crippen LogP contribution in [0.5, 0.6) is 5.75 Å². The van der Waals surface area contributed by atoms with Gasteiger partial charge in [0.25, 0.3) is 0 Å². The number of methoxy groups -OCH3 is 1. The zero-order chi connectivity index (χ0) is 29.4. The summed E-state index contributed by atoms with van der Waals surface area (Å²) in [5, 5.41) is 5.54. The van der Waals surface area contributed by atoms with Crippen molar-refractivity contribution in [2.75, 3.05) is 30.9 Å². The van der Waals surface area contributed by atoms with Crippen molar-refractivity contribution in [3.05, 3.63) is 88.4 Å². The molecule has 1 aliphatic heterocycles. The number of halogens is 1. The first-order chi connectivity index (χ1) is 19.7. The molecule has 0 radical (unpaired) electrons. The summed E-state index contributed by atoms with van der Waals surface area (Å²) in [6, 6.07) is 20.2. The molecule has 0 unspecified atom stereocenters. The molecule has 214 valence electrons. The van der Waals surface area contributed by atoms with E-state index in [1.807, 2.05) is 18.2 Å². The van der Waals surface area contributed by atoms with Crippen LogP contribution in [-0.4, -0.2) is 54.8 Å². The normalized spacial score (nSPS) is 16.0.